The van der Waals surface area contributed by atoms with Gasteiger partial charge in [0, 0.05) is 19.5 Å². The van der Waals surface area contributed by atoms with Crippen LogP contribution in [0, 0.1) is 0 Å². The SMILES string of the molecule is CCNC(=O)CCCNC(=O)c1cccs1. The molecular formula is C11H16N2O2S. The highest BCUT2D eigenvalue weighted by molar-refractivity contribution is 7.12. The highest BCUT2D eigenvalue weighted by Crippen LogP contribution is 2.07. The second-order valence-electron chi connectivity index (χ2n) is 3.29. The highest BCUT2D eigenvalue weighted by Gasteiger charge is 2.05. The third-order valence-corrected chi connectivity index (χ3v) is 2.85. The molecule has 0 aliphatic heterocycles. The molecule has 5 heteroatoms. The topological polar surface area (TPSA) is 58.2 Å². The fraction of sp³-hybridized carbons (Fsp3) is 0.455. The first-order chi connectivity index (χ1) is 7.74. The van der Waals surface area contributed by atoms with Crippen LogP contribution in [0.2, 0.25) is 0 Å². The zero-order valence-corrected chi connectivity index (χ0v) is 10.1. The number of amides is 2. The van der Waals surface area contributed by atoms with Crippen molar-refractivity contribution in [3.8, 4) is 0 Å². The molecule has 0 saturated heterocycles. The Labute approximate surface area is 99.0 Å². The van der Waals surface area contributed by atoms with Gasteiger partial charge in [0.15, 0.2) is 0 Å². The molecule has 1 aromatic heterocycles. The molecule has 1 rings (SSSR count). The molecule has 0 spiro atoms. The van der Waals surface area contributed by atoms with Crippen LogP contribution >= 0.6 is 11.3 Å². The van der Waals surface area contributed by atoms with Crippen molar-refractivity contribution < 1.29 is 9.59 Å². The third kappa shape index (κ3) is 4.44. The monoisotopic (exact) mass is 240 g/mol. The van der Waals surface area contributed by atoms with E-state index in [9.17, 15) is 9.59 Å². The molecule has 0 aliphatic carbocycles. The van der Waals surface area contributed by atoms with Gasteiger partial charge in [0.2, 0.25) is 5.91 Å². The second kappa shape index (κ2) is 7.00. The average molecular weight is 240 g/mol. The van der Waals surface area contributed by atoms with Gasteiger partial charge in [-0.05, 0) is 24.8 Å². The lowest BCUT2D eigenvalue weighted by Gasteiger charge is -2.03. The quantitative estimate of drug-likeness (QED) is 0.738. The first-order valence-electron chi connectivity index (χ1n) is 5.32. The maximum Gasteiger partial charge on any atom is 0.261 e. The van der Waals surface area contributed by atoms with Gasteiger partial charge in [-0.15, -0.1) is 11.3 Å². The van der Waals surface area contributed by atoms with Gasteiger partial charge in [0.05, 0.1) is 4.88 Å². The van der Waals surface area contributed by atoms with Crippen LogP contribution in [0.3, 0.4) is 0 Å². The minimum absolute atomic E-state index is 0.0351. The molecule has 88 valence electrons. The van der Waals surface area contributed by atoms with E-state index < -0.39 is 0 Å². The van der Waals surface area contributed by atoms with Crippen LogP contribution in [0.15, 0.2) is 17.5 Å². The average Bonchev–Trinajstić information content (AvgIpc) is 2.78. The summed E-state index contributed by atoms with van der Waals surface area (Å²) < 4.78 is 0. The van der Waals surface area contributed by atoms with Gasteiger partial charge < -0.3 is 10.6 Å². The number of carbonyl (C=O) groups excluding carboxylic acids is 2. The maximum absolute atomic E-state index is 11.5. The van der Waals surface area contributed by atoms with Crippen molar-refractivity contribution in [1.29, 1.82) is 0 Å². The molecule has 0 radical (unpaired) electrons. The van der Waals surface area contributed by atoms with E-state index in [2.05, 4.69) is 10.6 Å². The number of carbonyl (C=O) groups is 2. The summed E-state index contributed by atoms with van der Waals surface area (Å²) in [4.78, 5) is 23.3. The van der Waals surface area contributed by atoms with E-state index in [4.69, 9.17) is 0 Å². The third-order valence-electron chi connectivity index (χ3n) is 1.99. The Morgan fingerprint density at radius 2 is 2.19 bits per heavy atom. The molecule has 0 saturated carbocycles. The Morgan fingerprint density at radius 3 is 2.81 bits per heavy atom. The van der Waals surface area contributed by atoms with Crippen LogP contribution in [0.4, 0.5) is 0 Å². The van der Waals surface area contributed by atoms with Crippen molar-refractivity contribution in [1.82, 2.24) is 10.6 Å². The molecule has 1 aromatic rings. The highest BCUT2D eigenvalue weighted by atomic mass is 32.1. The molecular weight excluding hydrogens is 224 g/mol. The summed E-state index contributed by atoms with van der Waals surface area (Å²) in [5.41, 5.74) is 0. The number of hydrogen-bond acceptors (Lipinski definition) is 3. The van der Waals surface area contributed by atoms with Crippen LogP contribution in [-0.2, 0) is 4.79 Å². The van der Waals surface area contributed by atoms with E-state index in [1.54, 1.807) is 6.07 Å². The molecule has 16 heavy (non-hydrogen) atoms. The Kier molecular flexibility index (Phi) is 5.56. The summed E-state index contributed by atoms with van der Waals surface area (Å²) in [6.45, 7) is 3.07. The molecule has 0 bridgehead atoms. The Bertz CT molecular complexity index is 336. The standard InChI is InChI=1S/C11H16N2O2S/c1-2-12-10(14)6-3-7-13-11(15)9-5-4-8-16-9/h4-5,8H,2-3,6-7H2,1H3,(H,12,14)(H,13,15). The first kappa shape index (κ1) is 12.7. The van der Waals surface area contributed by atoms with Gasteiger partial charge >= 0.3 is 0 Å². The van der Waals surface area contributed by atoms with Gasteiger partial charge in [0.25, 0.3) is 5.91 Å². The summed E-state index contributed by atoms with van der Waals surface area (Å²) >= 11 is 1.41. The molecule has 2 N–H and O–H groups in total. The van der Waals surface area contributed by atoms with Gasteiger partial charge in [0.1, 0.15) is 0 Å². The lowest BCUT2D eigenvalue weighted by atomic mass is 10.3. The van der Waals surface area contributed by atoms with Gasteiger partial charge in [-0.2, -0.15) is 0 Å². The molecule has 0 aliphatic rings. The van der Waals surface area contributed by atoms with Crippen molar-refractivity contribution in [2.45, 2.75) is 19.8 Å². The van der Waals surface area contributed by atoms with Crippen molar-refractivity contribution in [2.75, 3.05) is 13.1 Å². The van der Waals surface area contributed by atoms with Gasteiger partial charge in [-0.3, -0.25) is 9.59 Å². The van der Waals surface area contributed by atoms with Crippen molar-refractivity contribution >= 4 is 23.2 Å². The zero-order valence-electron chi connectivity index (χ0n) is 9.29. The maximum atomic E-state index is 11.5. The molecule has 1 heterocycles. The molecule has 2 amide bonds. The van der Waals surface area contributed by atoms with E-state index in [1.165, 1.54) is 11.3 Å². The number of thiophene rings is 1. The fourth-order valence-corrected chi connectivity index (χ4v) is 1.87. The number of nitrogens with one attached hydrogen (secondary N) is 2. The Hall–Kier alpha value is -1.36. The second-order valence-corrected chi connectivity index (χ2v) is 4.24. The minimum atomic E-state index is -0.0640. The number of hydrogen-bond donors (Lipinski definition) is 2. The Balaban J connectivity index is 2.12. The Morgan fingerprint density at radius 1 is 1.38 bits per heavy atom. The number of rotatable bonds is 6. The van der Waals surface area contributed by atoms with E-state index in [0.29, 0.717) is 30.8 Å². The predicted octanol–water partition coefficient (Wildman–Crippen LogP) is 1.39. The molecule has 0 fully saturated rings. The summed E-state index contributed by atoms with van der Waals surface area (Å²) in [6.07, 6.45) is 1.13. The van der Waals surface area contributed by atoms with Crippen LogP contribution in [0.1, 0.15) is 29.4 Å². The van der Waals surface area contributed by atoms with Crippen LogP contribution in [-0.4, -0.2) is 24.9 Å². The van der Waals surface area contributed by atoms with E-state index in [0.717, 1.165) is 0 Å². The van der Waals surface area contributed by atoms with Crippen molar-refractivity contribution in [3.63, 3.8) is 0 Å². The summed E-state index contributed by atoms with van der Waals surface area (Å²) in [6, 6.07) is 3.62. The van der Waals surface area contributed by atoms with E-state index in [1.807, 2.05) is 18.4 Å². The fourth-order valence-electron chi connectivity index (χ4n) is 1.23. The van der Waals surface area contributed by atoms with Crippen LogP contribution < -0.4 is 10.6 Å². The minimum Gasteiger partial charge on any atom is -0.356 e. The van der Waals surface area contributed by atoms with Crippen molar-refractivity contribution in [2.24, 2.45) is 0 Å². The van der Waals surface area contributed by atoms with Crippen LogP contribution in [0.5, 0.6) is 0 Å². The lowest BCUT2D eigenvalue weighted by molar-refractivity contribution is -0.121. The van der Waals surface area contributed by atoms with E-state index in [-0.39, 0.29) is 11.8 Å². The predicted molar refractivity (Wildman–Crippen MR) is 64.6 cm³/mol. The zero-order chi connectivity index (χ0) is 11.8. The van der Waals surface area contributed by atoms with Crippen molar-refractivity contribution in [3.05, 3.63) is 22.4 Å². The lowest BCUT2D eigenvalue weighted by Crippen LogP contribution is -2.26. The molecule has 4 nitrogen and oxygen atoms in total. The van der Waals surface area contributed by atoms with Crippen LogP contribution in [0.25, 0.3) is 0 Å². The summed E-state index contributed by atoms with van der Waals surface area (Å²) in [5.74, 6) is -0.0289. The first-order valence-corrected chi connectivity index (χ1v) is 6.20. The molecule has 0 unspecified atom stereocenters. The van der Waals surface area contributed by atoms with Gasteiger partial charge in [-0.25, -0.2) is 0 Å². The largest absolute Gasteiger partial charge is 0.356 e. The summed E-state index contributed by atoms with van der Waals surface area (Å²) in [5, 5.41) is 7.35. The molecule has 0 aromatic carbocycles. The molecule has 0 atom stereocenters. The normalized spacial score (nSPS) is 9.81. The summed E-state index contributed by atoms with van der Waals surface area (Å²) in [7, 11) is 0. The van der Waals surface area contributed by atoms with Gasteiger partial charge in [-0.1, -0.05) is 6.07 Å². The smallest absolute Gasteiger partial charge is 0.261 e. The van der Waals surface area contributed by atoms with E-state index >= 15 is 0 Å².